The topological polar surface area (TPSA) is 24.5 Å². The Morgan fingerprint density at radius 1 is 1.16 bits per heavy atom. The lowest BCUT2D eigenvalue weighted by molar-refractivity contribution is -0.000466. The van der Waals surface area contributed by atoms with Gasteiger partial charge in [0.15, 0.2) is 0 Å². The van der Waals surface area contributed by atoms with Gasteiger partial charge in [0.25, 0.3) is 0 Å². The van der Waals surface area contributed by atoms with E-state index in [1.807, 2.05) is 0 Å². The number of piperidine rings is 1. The molecule has 0 aromatic heterocycles. The van der Waals surface area contributed by atoms with Gasteiger partial charge >= 0.3 is 0 Å². The molecule has 0 unspecified atom stereocenters. The summed E-state index contributed by atoms with van der Waals surface area (Å²) in [6.07, 6.45) is 10.1. The van der Waals surface area contributed by atoms with E-state index in [1.165, 1.54) is 71.1 Å². The van der Waals surface area contributed by atoms with Crippen molar-refractivity contribution in [2.45, 2.75) is 58.0 Å². The van der Waals surface area contributed by atoms with Gasteiger partial charge in [-0.2, -0.15) is 0 Å². The molecule has 1 saturated heterocycles. The van der Waals surface area contributed by atoms with Crippen LogP contribution in [0.5, 0.6) is 0 Å². The molecular weight excluding hydrogens is 236 g/mol. The van der Waals surface area contributed by atoms with Crippen LogP contribution in [0.15, 0.2) is 0 Å². The van der Waals surface area contributed by atoms with E-state index in [0.29, 0.717) is 11.5 Å². The summed E-state index contributed by atoms with van der Waals surface area (Å²) in [5, 5.41) is 3.45. The molecule has 1 aliphatic heterocycles. The van der Waals surface area contributed by atoms with Crippen molar-refractivity contribution >= 4 is 0 Å². The van der Waals surface area contributed by atoms with E-state index in [-0.39, 0.29) is 0 Å². The Morgan fingerprint density at radius 2 is 1.84 bits per heavy atom. The number of nitrogens with one attached hydrogen (secondary N) is 1. The van der Waals surface area contributed by atoms with Crippen molar-refractivity contribution in [3.8, 4) is 0 Å². The molecule has 1 aliphatic carbocycles. The molecule has 19 heavy (non-hydrogen) atoms. The summed E-state index contributed by atoms with van der Waals surface area (Å²) in [4.78, 5) is 2.69. The van der Waals surface area contributed by atoms with Crippen molar-refractivity contribution in [1.82, 2.24) is 10.2 Å². The van der Waals surface area contributed by atoms with Crippen molar-refractivity contribution in [1.29, 1.82) is 0 Å². The zero-order chi connectivity index (χ0) is 13.6. The number of nitrogens with zero attached hydrogens (tertiary/aromatic N) is 1. The normalized spacial score (nSPS) is 25.6. The van der Waals surface area contributed by atoms with Crippen LogP contribution in [0.1, 0.15) is 51.9 Å². The number of ether oxygens (including phenoxy) is 1. The van der Waals surface area contributed by atoms with Crippen molar-refractivity contribution in [2.75, 3.05) is 39.8 Å². The molecular formula is C16H32N2O. The van der Waals surface area contributed by atoms with E-state index < -0.39 is 0 Å². The molecule has 0 aromatic carbocycles. The molecule has 0 aromatic rings. The molecule has 2 aliphatic rings. The van der Waals surface area contributed by atoms with Crippen molar-refractivity contribution < 1.29 is 4.74 Å². The number of likely N-dealkylation sites (tertiary alicyclic amines) is 1. The first-order valence-corrected chi connectivity index (χ1v) is 8.26. The van der Waals surface area contributed by atoms with Gasteiger partial charge in [0, 0.05) is 32.8 Å². The Balaban J connectivity index is 1.81. The van der Waals surface area contributed by atoms with Crippen LogP contribution in [0.3, 0.4) is 0 Å². The van der Waals surface area contributed by atoms with E-state index in [9.17, 15) is 0 Å². The van der Waals surface area contributed by atoms with E-state index in [0.717, 1.165) is 6.61 Å². The molecule has 2 fully saturated rings. The van der Waals surface area contributed by atoms with Crippen LogP contribution in [-0.4, -0.2) is 50.8 Å². The largest absolute Gasteiger partial charge is 0.378 e. The predicted octanol–water partition coefficient (Wildman–Crippen LogP) is 2.66. The van der Waals surface area contributed by atoms with Gasteiger partial charge < -0.3 is 15.0 Å². The van der Waals surface area contributed by atoms with Gasteiger partial charge in [-0.3, -0.25) is 0 Å². The summed E-state index contributed by atoms with van der Waals surface area (Å²) in [5.41, 5.74) is 0.547. The standard InChI is InChI=1S/C16H32N2O/c1-3-19-15-7-11-18(12-8-15)14-16(13-17-2)9-5-4-6-10-16/h15,17H,3-14H2,1-2H3. The van der Waals surface area contributed by atoms with Crippen molar-refractivity contribution in [3.63, 3.8) is 0 Å². The molecule has 3 heteroatoms. The second-order valence-corrected chi connectivity index (χ2v) is 6.52. The fourth-order valence-corrected chi connectivity index (χ4v) is 4.01. The fraction of sp³-hybridized carbons (Fsp3) is 1.00. The van der Waals surface area contributed by atoms with E-state index in [1.54, 1.807) is 0 Å². The molecule has 1 saturated carbocycles. The third-order valence-corrected chi connectivity index (χ3v) is 4.96. The quantitative estimate of drug-likeness (QED) is 0.801. The SMILES string of the molecule is CCOC1CCN(CC2(CNC)CCCCC2)CC1. The van der Waals surface area contributed by atoms with E-state index in [4.69, 9.17) is 4.74 Å². The maximum absolute atomic E-state index is 5.75. The third kappa shape index (κ3) is 4.44. The number of hydrogen-bond acceptors (Lipinski definition) is 3. The molecule has 0 spiro atoms. The van der Waals surface area contributed by atoms with Crippen LogP contribution in [0.2, 0.25) is 0 Å². The zero-order valence-corrected chi connectivity index (χ0v) is 12.9. The smallest absolute Gasteiger partial charge is 0.0599 e. The molecule has 0 radical (unpaired) electrons. The summed E-state index contributed by atoms with van der Waals surface area (Å²) in [6.45, 7) is 7.93. The first-order chi connectivity index (χ1) is 9.28. The van der Waals surface area contributed by atoms with Crippen LogP contribution in [-0.2, 0) is 4.74 Å². The van der Waals surface area contributed by atoms with Crippen LogP contribution >= 0.6 is 0 Å². The fourth-order valence-electron chi connectivity index (χ4n) is 4.01. The van der Waals surface area contributed by atoms with Gasteiger partial charge in [0.2, 0.25) is 0 Å². The Morgan fingerprint density at radius 3 is 2.42 bits per heavy atom. The summed E-state index contributed by atoms with van der Waals surface area (Å²) in [6, 6.07) is 0. The minimum absolute atomic E-state index is 0.521. The van der Waals surface area contributed by atoms with E-state index >= 15 is 0 Å². The highest BCUT2D eigenvalue weighted by Gasteiger charge is 2.34. The van der Waals surface area contributed by atoms with Gasteiger partial charge in [0.05, 0.1) is 6.10 Å². The molecule has 1 N–H and O–H groups in total. The Bertz CT molecular complexity index is 238. The lowest BCUT2D eigenvalue weighted by Crippen LogP contribution is -2.48. The number of hydrogen-bond donors (Lipinski definition) is 1. The first kappa shape index (κ1) is 15.3. The minimum Gasteiger partial charge on any atom is -0.378 e. The van der Waals surface area contributed by atoms with Crippen LogP contribution < -0.4 is 5.32 Å². The maximum atomic E-state index is 5.75. The molecule has 1 heterocycles. The van der Waals surface area contributed by atoms with Gasteiger partial charge in [-0.15, -0.1) is 0 Å². The Labute approximate surface area is 119 Å². The van der Waals surface area contributed by atoms with Crippen LogP contribution in [0, 0.1) is 5.41 Å². The molecule has 0 amide bonds. The minimum atomic E-state index is 0.521. The van der Waals surface area contributed by atoms with Crippen molar-refractivity contribution in [3.05, 3.63) is 0 Å². The lowest BCUT2D eigenvalue weighted by atomic mass is 9.73. The molecule has 0 atom stereocenters. The first-order valence-electron chi connectivity index (χ1n) is 8.26. The highest BCUT2D eigenvalue weighted by Crippen LogP contribution is 2.37. The van der Waals surface area contributed by atoms with Gasteiger partial charge in [-0.1, -0.05) is 19.3 Å². The molecule has 0 bridgehead atoms. The second kappa shape index (κ2) is 7.61. The lowest BCUT2D eigenvalue weighted by Gasteiger charge is -2.43. The highest BCUT2D eigenvalue weighted by atomic mass is 16.5. The monoisotopic (exact) mass is 268 g/mol. The van der Waals surface area contributed by atoms with E-state index in [2.05, 4.69) is 24.2 Å². The average Bonchev–Trinajstić information content (AvgIpc) is 2.43. The second-order valence-electron chi connectivity index (χ2n) is 6.52. The van der Waals surface area contributed by atoms with Crippen LogP contribution in [0.4, 0.5) is 0 Å². The average molecular weight is 268 g/mol. The summed E-state index contributed by atoms with van der Waals surface area (Å²) < 4.78 is 5.75. The summed E-state index contributed by atoms with van der Waals surface area (Å²) in [7, 11) is 2.11. The Kier molecular flexibility index (Phi) is 6.11. The Hall–Kier alpha value is -0.120. The van der Waals surface area contributed by atoms with Gasteiger partial charge in [-0.05, 0) is 45.1 Å². The van der Waals surface area contributed by atoms with Crippen LogP contribution in [0.25, 0.3) is 0 Å². The summed E-state index contributed by atoms with van der Waals surface area (Å²) in [5.74, 6) is 0. The molecule has 2 rings (SSSR count). The molecule has 112 valence electrons. The summed E-state index contributed by atoms with van der Waals surface area (Å²) >= 11 is 0. The molecule has 3 nitrogen and oxygen atoms in total. The zero-order valence-electron chi connectivity index (χ0n) is 12.9. The predicted molar refractivity (Wildman–Crippen MR) is 80.5 cm³/mol. The highest BCUT2D eigenvalue weighted by molar-refractivity contribution is 4.88. The van der Waals surface area contributed by atoms with Crippen molar-refractivity contribution in [2.24, 2.45) is 5.41 Å². The third-order valence-electron chi connectivity index (χ3n) is 4.96. The maximum Gasteiger partial charge on any atom is 0.0599 e. The van der Waals surface area contributed by atoms with Gasteiger partial charge in [-0.25, -0.2) is 0 Å². The van der Waals surface area contributed by atoms with Gasteiger partial charge in [0.1, 0.15) is 0 Å². The number of rotatable bonds is 6.